The molecule has 93 valence electrons. The Labute approximate surface area is 104 Å². The summed E-state index contributed by atoms with van der Waals surface area (Å²) in [6, 6.07) is 7.47. The van der Waals surface area contributed by atoms with Crippen LogP contribution in [0.15, 0.2) is 24.3 Å². The van der Waals surface area contributed by atoms with Crippen molar-refractivity contribution in [3.05, 3.63) is 42.3 Å². The van der Waals surface area contributed by atoms with Crippen LogP contribution >= 0.6 is 0 Å². The summed E-state index contributed by atoms with van der Waals surface area (Å²) in [5, 5.41) is 0. The second-order valence-electron chi connectivity index (χ2n) is 4.95. The normalized spacial score (nSPS) is 11.3. The molecule has 0 saturated carbocycles. The van der Waals surface area contributed by atoms with Gasteiger partial charge in [-0.3, -0.25) is 0 Å². The van der Waals surface area contributed by atoms with Gasteiger partial charge in [-0.15, -0.1) is 0 Å². The molecule has 0 aliphatic heterocycles. The highest BCUT2D eigenvalue weighted by Crippen LogP contribution is 2.21. The lowest BCUT2D eigenvalue weighted by molar-refractivity contribution is 0.0499. The lowest BCUT2D eigenvalue weighted by Gasteiger charge is -2.18. The number of unbranched alkanes of at least 4 members (excludes halogenated alkanes) is 1. The average Bonchev–Trinajstić information content (AvgIpc) is 2.28. The first-order chi connectivity index (χ1) is 7.95. The summed E-state index contributed by atoms with van der Waals surface area (Å²) in [5.74, 6) is -0.244. The third-order valence-corrected chi connectivity index (χ3v) is 2.63. The number of carbonyl (C=O) groups is 1. The van der Waals surface area contributed by atoms with Gasteiger partial charge in [0.1, 0.15) is 0 Å². The molecule has 0 amide bonds. The zero-order valence-corrected chi connectivity index (χ0v) is 11.0. The lowest BCUT2D eigenvalue weighted by atomic mass is 9.87. The van der Waals surface area contributed by atoms with E-state index in [1.807, 2.05) is 26.0 Å². The maximum atomic E-state index is 11.6. The van der Waals surface area contributed by atoms with E-state index in [1.54, 1.807) is 12.1 Å². The maximum Gasteiger partial charge on any atom is 0.338 e. The molecule has 0 aromatic heterocycles. The van der Waals surface area contributed by atoms with Crippen LogP contribution in [0.3, 0.4) is 0 Å². The van der Waals surface area contributed by atoms with Crippen LogP contribution in [-0.4, -0.2) is 12.6 Å². The fourth-order valence-corrected chi connectivity index (χ4v) is 1.45. The number of benzene rings is 1. The molecule has 1 radical (unpaired) electrons. The smallest absolute Gasteiger partial charge is 0.338 e. The van der Waals surface area contributed by atoms with Crippen LogP contribution < -0.4 is 0 Å². The highest BCUT2D eigenvalue weighted by molar-refractivity contribution is 5.89. The third kappa shape index (κ3) is 4.22. The van der Waals surface area contributed by atoms with Crippen molar-refractivity contribution in [2.45, 2.75) is 39.0 Å². The Morgan fingerprint density at radius 2 is 1.88 bits per heavy atom. The molecule has 0 heterocycles. The van der Waals surface area contributed by atoms with Crippen molar-refractivity contribution in [2.75, 3.05) is 6.61 Å². The SMILES string of the molecule is [CH2]C(C)(C)c1ccc(C(=O)OCCCC)cc1. The van der Waals surface area contributed by atoms with E-state index in [0.717, 1.165) is 18.4 Å². The predicted octanol–water partition coefficient (Wildman–Crippen LogP) is 3.76. The summed E-state index contributed by atoms with van der Waals surface area (Å²) in [5.41, 5.74) is 1.58. The van der Waals surface area contributed by atoms with E-state index in [0.29, 0.717) is 12.2 Å². The number of carbonyl (C=O) groups excluding carboxylic acids is 1. The Hall–Kier alpha value is -1.31. The van der Waals surface area contributed by atoms with Gasteiger partial charge in [0.25, 0.3) is 0 Å². The zero-order chi connectivity index (χ0) is 12.9. The summed E-state index contributed by atoms with van der Waals surface area (Å²) >= 11 is 0. The average molecular weight is 233 g/mol. The Balaban J connectivity index is 2.64. The summed E-state index contributed by atoms with van der Waals surface area (Å²) in [4.78, 5) is 11.6. The van der Waals surface area contributed by atoms with Gasteiger partial charge in [0.2, 0.25) is 0 Å². The molecule has 0 aliphatic rings. The van der Waals surface area contributed by atoms with Crippen LogP contribution in [0.2, 0.25) is 0 Å². The quantitative estimate of drug-likeness (QED) is 0.572. The zero-order valence-electron chi connectivity index (χ0n) is 11.0. The summed E-state index contributed by atoms with van der Waals surface area (Å²) < 4.78 is 5.14. The molecule has 0 fully saturated rings. The molecule has 0 atom stereocenters. The Morgan fingerprint density at radius 3 is 2.35 bits per heavy atom. The van der Waals surface area contributed by atoms with Gasteiger partial charge in [-0.2, -0.15) is 0 Å². The fraction of sp³-hybridized carbons (Fsp3) is 0.467. The van der Waals surface area contributed by atoms with E-state index in [9.17, 15) is 4.79 Å². The van der Waals surface area contributed by atoms with E-state index in [2.05, 4.69) is 13.8 Å². The van der Waals surface area contributed by atoms with Gasteiger partial charge in [-0.1, -0.05) is 39.3 Å². The van der Waals surface area contributed by atoms with Crippen molar-refractivity contribution < 1.29 is 9.53 Å². The van der Waals surface area contributed by atoms with Crippen LogP contribution in [0, 0.1) is 6.92 Å². The first kappa shape index (κ1) is 13.8. The van der Waals surface area contributed by atoms with Crippen molar-refractivity contribution in [1.82, 2.24) is 0 Å². The monoisotopic (exact) mass is 233 g/mol. The highest BCUT2D eigenvalue weighted by atomic mass is 16.5. The minimum atomic E-state index is -0.244. The second-order valence-corrected chi connectivity index (χ2v) is 4.95. The lowest BCUT2D eigenvalue weighted by Crippen LogP contribution is -2.12. The van der Waals surface area contributed by atoms with Crippen molar-refractivity contribution in [3.63, 3.8) is 0 Å². The summed E-state index contributed by atoms with van der Waals surface area (Å²) in [6.07, 6.45) is 1.94. The minimum Gasteiger partial charge on any atom is -0.462 e. The van der Waals surface area contributed by atoms with E-state index in [1.165, 1.54) is 0 Å². The van der Waals surface area contributed by atoms with Gasteiger partial charge >= 0.3 is 5.97 Å². The predicted molar refractivity (Wildman–Crippen MR) is 70.0 cm³/mol. The van der Waals surface area contributed by atoms with Crippen LogP contribution in [0.1, 0.15) is 49.5 Å². The maximum absolute atomic E-state index is 11.6. The molecule has 2 nitrogen and oxygen atoms in total. The highest BCUT2D eigenvalue weighted by Gasteiger charge is 2.14. The van der Waals surface area contributed by atoms with E-state index < -0.39 is 0 Å². The Bertz CT molecular complexity index is 358. The van der Waals surface area contributed by atoms with Crippen LogP contribution in [0.25, 0.3) is 0 Å². The minimum absolute atomic E-state index is 0.134. The van der Waals surface area contributed by atoms with Gasteiger partial charge < -0.3 is 4.74 Å². The van der Waals surface area contributed by atoms with E-state index >= 15 is 0 Å². The number of hydrogen-bond donors (Lipinski definition) is 0. The number of ether oxygens (including phenoxy) is 1. The molecule has 2 heteroatoms. The van der Waals surface area contributed by atoms with Gasteiger partial charge in [-0.25, -0.2) is 4.79 Å². The molecule has 1 aromatic rings. The molecular weight excluding hydrogens is 212 g/mol. The van der Waals surface area contributed by atoms with Gasteiger partial charge in [0, 0.05) is 0 Å². The molecule has 0 spiro atoms. The summed E-state index contributed by atoms with van der Waals surface area (Å²) in [6.45, 7) is 10.7. The van der Waals surface area contributed by atoms with Crippen LogP contribution in [0.4, 0.5) is 0 Å². The third-order valence-electron chi connectivity index (χ3n) is 2.63. The van der Waals surface area contributed by atoms with E-state index in [4.69, 9.17) is 4.74 Å². The molecule has 0 N–H and O–H groups in total. The molecule has 0 bridgehead atoms. The van der Waals surface area contributed by atoms with Crippen LogP contribution in [0.5, 0.6) is 0 Å². The molecule has 0 aliphatic carbocycles. The number of esters is 1. The number of hydrogen-bond acceptors (Lipinski definition) is 2. The van der Waals surface area contributed by atoms with Crippen LogP contribution in [-0.2, 0) is 10.2 Å². The summed E-state index contributed by atoms with van der Waals surface area (Å²) in [7, 11) is 0. The second kappa shape index (κ2) is 5.85. The number of rotatable bonds is 5. The molecule has 0 saturated heterocycles. The molecular formula is C15H21O2. The van der Waals surface area contributed by atoms with Gasteiger partial charge in [-0.05, 0) is 36.5 Å². The molecule has 1 aromatic carbocycles. The van der Waals surface area contributed by atoms with Gasteiger partial charge in [0.15, 0.2) is 0 Å². The van der Waals surface area contributed by atoms with E-state index in [-0.39, 0.29) is 11.4 Å². The molecule has 1 rings (SSSR count). The standard InChI is InChI=1S/C15H21O2/c1-5-6-11-17-14(16)12-7-9-13(10-8-12)15(2,3)4/h7-10H,2,5-6,11H2,1,3-4H3. The largest absolute Gasteiger partial charge is 0.462 e. The first-order valence-corrected chi connectivity index (χ1v) is 6.08. The molecule has 0 unspecified atom stereocenters. The van der Waals surface area contributed by atoms with Crippen molar-refractivity contribution >= 4 is 5.97 Å². The fourth-order valence-electron chi connectivity index (χ4n) is 1.45. The Kier molecular flexibility index (Phi) is 4.73. The first-order valence-electron chi connectivity index (χ1n) is 6.08. The van der Waals surface area contributed by atoms with Crippen molar-refractivity contribution in [2.24, 2.45) is 0 Å². The van der Waals surface area contributed by atoms with Crippen molar-refractivity contribution in [3.8, 4) is 0 Å². The molecule has 17 heavy (non-hydrogen) atoms. The Morgan fingerprint density at radius 1 is 1.29 bits per heavy atom. The van der Waals surface area contributed by atoms with Crippen molar-refractivity contribution in [1.29, 1.82) is 0 Å². The topological polar surface area (TPSA) is 26.3 Å². The van der Waals surface area contributed by atoms with Gasteiger partial charge in [0.05, 0.1) is 12.2 Å².